The Labute approximate surface area is 118 Å². The molecule has 1 aromatic rings. The van der Waals surface area contributed by atoms with Crippen molar-refractivity contribution in [3.8, 4) is 0 Å². The summed E-state index contributed by atoms with van der Waals surface area (Å²) in [6, 6.07) is 10.4. The Morgan fingerprint density at radius 1 is 1.22 bits per heavy atom. The quantitative estimate of drug-likeness (QED) is 0.719. The summed E-state index contributed by atoms with van der Waals surface area (Å²) in [5, 5.41) is 9.36. The van der Waals surface area contributed by atoms with E-state index in [4.69, 9.17) is 0 Å². The molecule has 1 aromatic carbocycles. The molecule has 0 amide bonds. The summed E-state index contributed by atoms with van der Waals surface area (Å²) >= 11 is 0. The number of aliphatic carboxylic acids is 1. The van der Waals surface area contributed by atoms with Gasteiger partial charge in [-0.3, -0.25) is 4.79 Å². The van der Waals surface area contributed by atoms with Crippen LogP contribution in [0.25, 0.3) is 0 Å². The SMILES string of the molecule is O=C(O)C12CC[N+](Cc3ccccc3)(CC1)C2.[Br-]. The Morgan fingerprint density at radius 2 is 1.83 bits per heavy atom. The zero-order valence-corrected chi connectivity index (χ0v) is 11.9. The number of fused-ring (bicyclic) bond motifs is 2. The number of benzene rings is 1. The van der Waals surface area contributed by atoms with Gasteiger partial charge in [0.2, 0.25) is 0 Å². The van der Waals surface area contributed by atoms with Gasteiger partial charge in [-0.15, -0.1) is 0 Å². The van der Waals surface area contributed by atoms with Crippen molar-refractivity contribution >= 4 is 5.97 Å². The number of carboxylic acid groups (broad SMARTS) is 1. The molecule has 0 radical (unpaired) electrons. The largest absolute Gasteiger partial charge is 1.00 e. The molecule has 18 heavy (non-hydrogen) atoms. The molecule has 2 fully saturated rings. The third kappa shape index (κ3) is 2.08. The second kappa shape index (κ2) is 4.67. The number of hydrogen-bond donors (Lipinski definition) is 1. The number of carbonyl (C=O) groups is 1. The fraction of sp³-hybridized carbons (Fsp3) is 0.500. The molecule has 98 valence electrons. The Balaban J connectivity index is 0.00000120. The predicted octanol–water partition coefficient (Wildman–Crippen LogP) is -1.11. The molecule has 2 aliphatic rings. The first-order valence-electron chi connectivity index (χ1n) is 6.27. The molecule has 0 unspecified atom stereocenters. The van der Waals surface area contributed by atoms with Crippen LogP contribution >= 0.6 is 0 Å². The lowest BCUT2D eigenvalue weighted by atomic mass is 9.85. The average Bonchev–Trinajstić information content (AvgIpc) is 2.87. The summed E-state index contributed by atoms with van der Waals surface area (Å²) in [6.07, 6.45) is 1.71. The fourth-order valence-corrected chi connectivity index (χ4v) is 3.56. The maximum atomic E-state index is 11.4. The zero-order chi connectivity index (χ0) is 11.9. The zero-order valence-electron chi connectivity index (χ0n) is 10.3. The van der Waals surface area contributed by atoms with Gasteiger partial charge in [0.1, 0.15) is 12.0 Å². The van der Waals surface area contributed by atoms with Crippen LogP contribution < -0.4 is 17.0 Å². The molecule has 2 aliphatic heterocycles. The van der Waals surface area contributed by atoms with Crippen LogP contribution in [-0.4, -0.2) is 35.2 Å². The summed E-state index contributed by atoms with van der Waals surface area (Å²) in [6.45, 7) is 3.88. The molecule has 0 saturated carbocycles. The van der Waals surface area contributed by atoms with Gasteiger partial charge >= 0.3 is 5.97 Å². The molecular weight excluding hydrogens is 294 g/mol. The highest BCUT2D eigenvalue weighted by molar-refractivity contribution is 5.75. The van der Waals surface area contributed by atoms with E-state index in [2.05, 4.69) is 24.3 Å². The third-order valence-electron chi connectivity index (χ3n) is 4.58. The molecule has 2 heterocycles. The van der Waals surface area contributed by atoms with Crippen molar-refractivity contribution in [1.29, 1.82) is 0 Å². The van der Waals surface area contributed by atoms with Crippen molar-refractivity contribution in [2.24, 2.45) is 5.41 Å². The smallest absolute Gasteiger partial charge is 0.315 e. The minimum Gasteiger partial charge on any atom is -1.00 e. The lowest BCUT2D eigenvalue weighted by molar-refractivity contribution is -0.922. The van der Waals surface area contributed by atoms with E-state index >= 15 is 0 Å². The molecule has 2 saturated heterocycles. The molecule has 0 aliphatic carbocycles. The Morgan fingerprint density at radius 3 is 2.33 bits per heavy atom. The summed E-state index contributed by atoms with van der Waals surface area (Å²) < 4.78 is 0.982. The van der Waals surface area contributed by atoms with Crippen molar-refractivity contribution < 1.29 is 31.4 Å². The van der Waals surface area contributed by atoms with E-state index in [9.17, 15) is 9.90 Å². The lowest BCUT2D eigenvalue weighted by Crippen LogP contribution is -3.00. The van der Waals surface area contributed by atoms with E-state index in [1.165, 1.54) is 5.56 Å². The van der Waals surface area contributed by atoms with Gasteiger partial charge in [0.15, 0.2) is 0 Å². The number of hydrogen-bond acceptors (Lipinski definition) is 1. The molecule has 3 rings (SSSR count). The van der Waals surface area contributed by atoms with Crippen LogP contribution in [0.15, 0.2) is 30.3 Å². The topological polar surface area (TPSA) is 37.3 Å². The van der Waals surface area contributed by atoms with E-state index in [1.807, 2.05) is 6.07 Å². The predicted molar refractivity (Wildman–Crippen MR) is 64.3 cm³/mol. The van der Waals surface area contributed by atoms with Gasteiger partial charge in [-0.1, -0.05) is 30.3 Å². The first-order valence-corrected chi connectivity index (χ1v) is 6.27. The first kappa shape index (κ1) is 13.6. The van der Waals surface area contributed by atoms with Gasteiger partial charge in [-0.25, -0.2) is 0 Å². The summed E-state index contributed by atoms with van der Waals surface area (Å²) in [7, 11) is 0. The van der Waals surface area contributed by atoms with Crippen LogP contribution in [0, 0.1) is 5.41 Å². The molecule has 0 atom stereocenters. The molecule has 3 nitrogen and oxygen atoms in total. The van der Waals surface area contributed by atoms with Gasteiger partial charge in [-0.05, 0) is 0 Å². The third-order valence-corrected chi connectivity index (χ3v) is 4.58. The van der Waals surface area contributed by atoms with Crippen LogP contribution in [0.1, 0.15) is 18.4 Å². The highest BCUT2D eigenvalue weighted by Crippen LogP contribution is 2.46. The monoisotopic (exact) mass is 311 g/mol. The number of quaternary nitrogens is 1. The van der Waals surface area contributed by atoms with Crippen molar-refractivity contribution in [2.45, 2.75) is 19.4 Å². The summed E-state index contributed by atoms with van der Waals surface area (Å²) in [5.41, 5.74) is 0.921. The van der Waals surface area contributed by atoms with Gasteiger partial charge < -0.3 is 26.6 Å². The minimum atomic E-state index is -0.580. The number of nitrogens with zero attached hydrogens (tertiary/aromatic N) is 1. The van der Waals surface area contributed by atoms with Crippen LogP contribution in [0.2, 0.25) is 0 Å². The van der Waals surface area contributed by atoms with Gasteiger partial charge in [0.25, 0.3) is 0 Å². The van der Waals surface area contributed by atoms with E-state index in [0.717, 1.165) is 43.5 Å². The summed E-state index contributed by atoms with van der Waals surface area (Å²) in [5.74, 6) is -0.580. The van der Waals surface area contributed by atoms with Crippen LogP contribution in [-0.2, 0) is 11.3 Å². The second-order valence-electron chi connectivity index (χ2n) is 5.68. The van der Waals surface area contributed by atoms with E-state index in [0.29, 0.717) is 0 Å². The van der Waals surface area contributed by atoms with Crippen LogP contribution in [0.3, 0.4) is 0 Å². The molecule has 0 spiro atoms. The number of rotatable bonds is 3. The number of halogens is 1. The standard InChI is InChI=1S/C14H17NO2.BrH/c16-13(17)14-6-8-15(11-14,9-7-14)10-12-4-2-1-3-5-12;/h1-5H,6-11H2;1H. The normalized spacial score (nSPS) is 33.1. The first-order chi connectivity index (χ1) is 8.14. The van der Waals surface area contributed by atoms with Gasteiger partial charge in [0, 0.05) is 18.4 Å². The number of piperidine rings is 1. The maximum Gasteiger partial charge on any atom is 0.315 e. The second-order valence-corrected chi connectivity index (χ2v) is 5.68. The molecular formula is C14H18BrNO2. The molecule has 2 bridgehead atoms. The maximum absolute atomic E-state index is 11.4. The highest BCUT2D eigenvalue weighted by Gasteiger charge is 2.59. The van der Waals surface area contributed by atoms with E-state index in [-0.39, 0.29) is 17.0 Å². The van der Waals surface area contributed by atoms with Crippen molar-refractivity contribution in [3.05, 3.63) is 35.9 Å². The number of carboxylic acids is 1. The van der Waals surface area contributed by atoms with E-state index in [1.54, 1.807) is 0 Å². The van der Waals surface area contributed by atoms with E-state index < -0.39 is 11.4 Å². The van der Waals surface area contributed by atoms with Gasteiger partial charge in [0.05, 0.1) is 19.6 Å². The van der Waals surface area contributed by atoms with Crippen LogP contribution in [0.4, 0.5) is 0 Å². The van der Waals surface area contributed by atoms with Crippen molar-refractivity contribution in [3.63, 3.8) is 0 Å². The molecule has 4 heteroatoms. The van der Waals surface area contributed by atoms with Crippen LogP contribution in [0.5, 0.6) is 0 Å². The van der Waals surface area contributed by atoms with Gasteiger partial charge in [-0.2, -0.15) is 0 Å². The Bertz CT molecular complexity index is 438. The van der Waals surface area contributed by atoms with Crippen molar-refractivity contribution in [1.82, 2.24) is 0 Å². The average molecular weight is 312 g/mol. The fourth-order valence-electron chi connectivity index (χ4n) is 3.56. The Kier molecular flexibility index (Phi) is 3.52. The van der Waals surface area contributed by atoms with Crippen molar-refractivity contribution in [2.75, 3.05) is 19.6 Å². The lowest BCUT2D eigenvalue weighted by Gasteiger charge is -2.31. The Hall–Kier alpha value is -0.870. The molecule has 1 N–H and O–H groups in total. The molecule has 0 aromatic heterocycles. The highest BCUT2D eigenvalue weighted by atomic mass is 79.9. The summed E-state index contributed by atoms with van der Waals surface area (Å²) in [4.78, 5) is 11.4. The minimum absolute atomic E-state index is 0.